The number of hydrogen-bond acceptors (Lipinski definition) is 8. The Kier molecular flexibility index (Phi) is 4.27. The summed E-state index contributed by atoms with van der Waals surface area (Å²) >= 11 is 2.80. The first-order valence-corrected chi connectivity index (χ1v) is 8.82. The number of rotatable bonds is 4. The third-order valence-electron chi connectivity index (χ3n) is 3.32. The summed E-state index contributed by atoms with van der Waals surface area (Å²) in [4.78, 5) is 26.4. The zero-order valence-corrected chi connectivity index (χ0v) is 14.7. The number of thiazole rings is 1. The number of nitrogens with two attached hydrogens (primary N) is 1. The van der Waals surface area contributed by atoms with Crippen molar-refractivity contribution in [3.8, 4) is 0 Å². The number of carbonyl (C=O) groups is 1. The van der Waals surface area contributed by atoms with Crippen molar-refractivity contribution in [1.82, 2.24) is 15.0 Å². The summed E-state index contributed by atoms with van der Waals surface area (Å²) in [5.41, 5.74) is 8.02. The molecule has 3 heterocycles. The molecule has 3 aromatic rings. The molecule has 120 valence electrons. The first-order chi connectivity index (χ1) is 11.0. The van der Waals surface area contributed by atoms with Crippen LogP contribution in [-0.4, -0.2) is 20.9 Å². The quantitative estimate of drug-likeness (QED) is 0.728. The molecular formula is C15H16N4O2S2. The summed E-state index contributed by atoms with van der Waals surface area (Å²) in [5, 5.41) is 3.66. The van der Waals surface area contributed by atoms with Crippen LogP contribution in [0.3, 0.4) is 0 Å². The van der Waals surface area contributed by atoms with E-state index in [1.165, 1.54) is 11.3 Å². The molecule has 0 unspecified atom stereocenters. The van der Waals surface area contributed by atoms with Crippen LogP contribution in [0.5, 0.6) is 0 Å². The predicted molar refractivity (Wildman–Crippen MR) is 91.9 cm³/mol. The van der Waals surface area contributed by atoms with Gasteiger partial charge in [0.05, 0.1) is 27.5 Å². The summed E-state index contributed by atoms with van der Waals surface area (Å²) in [6.45, 7) is 5.86. The smallest absolute Gasteiger partial charge is 0.350 e. The second kappa shape index (κ2) is 6.21. The molecule has 0 radical (unpaired) electrons. The fraction of sp³-hybridized carbons (Fsp3) is 0.333. The highest BCUT2D eigenvalue weighted by molar-refractivity contribution is 7.21. The number of fused-ring (bicyclic) bond motifs is 1. The van der Waals surface area contributed by atoms with E-state index < -0.39 is 5.97 Å². The van der Waals surface area contributed by atoms with E-state index in [0.717, 1.165) is 28.2 Å². The van der Waals surface area contributed by atoms with Crippen molar-refractivity contribution in [3.05, 3.63) is 32.5 Å². The van der Waals surface area contributed by atoms with Crippen LogP contribution in [0.25, 0.3) is 10.2 Å². The van der Waals surface area contributed by atoms with Crippen molar-refractivity contribution in [2.75, 3.05) is 5.73 Å². The van der Waals surface area contributed by atoms with E-state index in [9.17, 15) is 4.79 Å². The molecule has 0 saturated carbocycles. The van der Waals surface area contributed by atoms with Gasteiger partial charge in [-0.2, -0.15) is 0 Å². The van der Waals surface area contributed by atoms with Gasteiger partial charge in [0.2, 0.25) is 0 Å². The minimum Gasteiger partial charge on any atom is -0.455 e. The Hall–Kier alpha value is -2.06. The SMILES string of the molecule is CCc1nc(COC(=O)c2sc3nc(C)nc(C)c3c2N)cs1. The van der Waals surface area contributed by atoms with Crippen molar-refractivity contribution < 1.29 is 9.53 Å². The summed E-state index contributed by atoms with van der Waals surface area (Å²) in [5.74, 6) is 0.208. The molecule has 23 heavy (non-hydrogen) atoms. The van der Waals surface area contributed by atoms with Gasteiger partial charge in [0.15, 0.2) is 0 Å². The number of nitrogen functional groups attached to an aromatic ring is 1. The van der Waals surface area contributed by atoms with Crippen molar-refractivity contribution in [3.63, 3.8) is 0 Å². The van der Waals surface area contributed by atoms with Gasteiger partial charge in [0.1, 0.15) is 22.1 Å². The fourth-order valence-corrected chi connectivity index (χ4v) is 4.08. The zero-order valence-electron chi connectivity index (χ0n) is 13.0. The molecule has 0 amide bonds. The second-order valence-electron chi connectivity index (χ2n) is 5.04. The topological polar surface area (TPSA) is 91.0 Å². The fourth-order valence-electron chi connectivity index (χ4n) is 2.26. The van der Waals surface area contributed by atoms with E-state index in [2.05, 4.69) is 15.0 Å². The Morgan fingerprint density at radius 3 is 2.78 bits per heavy atom. The minimum atomic E-state index is -0.450. The van der Waals surface area contributed by atoms with E-state index in [1.54, 1.807) is 11.3 Å². The van der Waals surface area contributed by atoms with E-state index in [-0.39, 0.29) is 6.61 Å². The number of carbonyl (C=O) groups excluding carboxylic acids is 1. The maximum atomic E-state index is 12.3. The molecule has 0 aromatic carbocycles. The summed E-state index contributed by atoms with van der Waals surface area (Å²) in [7, 11) is 0. The average Bonchev–Trinajstić information content (AvgIpc) is 3.09. The number of ether oxygens (including phenoxy) is 1. The van der Waals surface area contributed by atoms with Crippen LogP contribution in [0.4, 0.5) is 5.69 Å². The molecule has 2 N–H and O–H groups in total. The number of aromatic nitrogens is 3. The van der Waals surface area contributed by atoms with Gasteiger partial charge < -0.3 is 10.5 Å². The van der Waals surface area contributed by atoms with Gasteiger partial charge in [-0.25, -0.2) is 19.7 Å². The molecule has 0 aliphatic rings. The molecule has 6 nitrogen and oxygen atoms in total. The largest absolute Gasteiger partial charge is 0.455 e. The summed E-state index contributed by atoms with van der Waals surface area (Å²) < 4.78 is 5.34. The second-order valence-corrected chi connectivity index (χ2v) is 6.99. The number of thiophene rings is 1. The monoisotopic (exact) mass is 348 g/mol. The van der Waals surface area contributed by atoms with Crippen LogP contribution in [-0.2, 0) is 17.8 Å². The first-order valence-electron chi connectivity index (χ1n) is 7.13. The number of aryl methyl sites for hydroxylation is 3. The van der Waals surface area contributed by atoms with Gasteiger partial charge in [-0.15, -0.1) is 22.7 Å². The van der Waals surface area contributed by atoms with Crippen molar-refractivity contribution in [2.24, 2.45) is 0 Å². The third kappa shape index (κ3) is 3.04. The van der Waals surface area contributed by atoms with Crippen molar-refractivity contribution in [2.45, 2.75) is 33.8 Å². The molecule has 0 spiro atoms. The lowest BCUT2D eigenvalue weighted by atomic mass is 10.2. The van der Waals surface area contributed by atoms with Crippen molar-refractivity contribution in [1.29, 1.82) is 0 Å². The van der Waals surface area contributed by atoms with Crippen molar-refractivity contribution >= 4 is 44.5 Å². The molecule has 0 saturated heterocycles. The highest BCUT2D eigenvalue weighted by Crippen LogP contribution is 2.34. The highest BCUT2D eigenvalue weighted by atomic mass is 32.1. The number of esters is 1. The van der Waals surface area contributed by atoms with Gasteiger partial charge in [-0.3, -0.25) is 0 Å². The molecule has 8 heteroatoms. The van der Waals surface area contributed by atoms with Crippen LogP contribution in [0.15, 0.2) is 5.38 Å². The Morgan fingerprint density at radius 2 is 2.09 bits per heavy atom. The Bertz CT molecular complexity index is 885. The van der Waals surface area contributed by atoms with Crippen LogP contribution in [0, 0.1) is 13.8 Å². The van der Waals surface area contributed by atoms with E-state index in [0.29, 0.717) is 21.2 Å². The summed E-state index contributed by atoms with van der Waals surface area (Å²) in [6.07, 6.45) is 0.874. The van der Waals surface area contributed by atoms with Crippen LogP contribution in [0.2, 0.25) is 0 Å². The molecule has 0 bridgehead atoms. The van der Waals surface area contributed by atoms with Gasteiger partial charge >= 0.3 is 5.97 Å². The lowest BCUT2D eigenvalue weighted by Crippen LogP contribution is -2.06. The molecule has 0 fully saturated rings. The van der Waals surface area contributed by atoms with Gasteiger partial charge in [-0.05, 0) is 20.3 Å². The first kappa shape index (κ1) is 15.8. The molecule has 0 atom stereocenters. The maximum absolute atomic E-state index is 12.3. The van der Waals surface area contributed by atoms with Crippen LogP contribution >= 0.6 is 22.7 Å². The minimum absolute atomic E-state index is 0.146. The average molecular weight is 348 g/mol. The maximum Gasteiger partial charge on any atom is 0.350 e. The predicted octanol–water partition coefficient (Wildman–Crippen LogP) is 3.27. The van der Waals surface area contributed by atoms with Gasteiger partial charge in [0, 0.05) is 5.38 Å². The van der Waals surface area contributed by atoms with Crippen LogP contribution < -0.4 is 5.73 Å². The lowest BCUT2D eigenvalue weighted by molar-refractivity contribution is 0.0475. The molecule has 3 rings (SSSR count). The molecular weight excluding hydrogens is 332 g/mol. The van der Waals surface area contributed by atoms with E-state index in [4.69, 9.17) is 10.5 Å². The summed E-state index contributed by atoms with van der Waals surface area (Å²) in [6, 6.07) is 0. The van der Waals surface area contributed by atoms with E-state index in [1.807, 2.05) is 26.2 Å². The third-order valence-corrected chi connectivity index (χ3v) is 5.44. The highest BCUT2D eigenvalue weighted by Gasteiger charge is 2.21. The van der Waals surface area contributed by atoms with Gasteiger partial charge in [-0.1, -0.05) is 6.92 Å². The Morgan fingerprint density at radius 1 is 1.30 bits per heavy atom. The Balaban J connectivity index is 1.83. The number of nitrogens with zero attached hydrogens (tertiary/aromatic N) is 3. The number of anilines is 1. The Labute approximate surface area is 141 Å². The normalized spacial score (nSPS) is 11.1. The molecule has 0 aliphatic carbocycles. The molecule has 3 aromatic heterocycles. The standard InChI is InChI=1S/C15H16N4O2S2/c1-4-10-19-9(6-22-10)5-21-15(20)13-12(16)11-7(2)17-8(3)18-14(11)23-13/h6H,4-5,16H2,1-3H3. The van der Waals surface area contributed by atoms with E-state index >= 15 is 0 Å². The zero-order chi connectivity index (χ0) is 16.6. The van der Waals surface area contributed by atoms with Crippen LogP contribution in [0.1, 0.15) is 38.8 Å². The van der Waals surface area contributed by atoms with Gasteiger partial charge in [0.25, 0.3) is 0 Å². The lowest BCUT2D eigenvalue weighted by Gasteiger charge is -2.02. The molecule has 0 aliphatic heterocycles. The number of hydrogen-bond donors (Lipinski definition) is 1.